The molecule has 2 atom stereocenters. The van der Waals surface area contributed by atoms with Crippen molar-refractivity contribution in [2.24, 2.45) is 20.5 Å². The van der Waals surface area contributed by atoms with Crippen molar-refractivity contribution < 1.29 is 45.9 Å². The highest BCUT2D eigenvalue weighted by atomic mass is 32.2. The van der Waals surface area contributed by atoms with Crippen LogP contribution in [-0.2, 0) is 46.7 Å². The average molecular weight is 794 g/mol. The molecule has 19 nitrogen and oxygen atoms in total. The van der Waals surface area contributed by atoms with Gasteiger partial charge in [-0.1, -0.05) is 42.5 Å². The first kappa shape index (κ1) is 40.3. The molecule has 2 unspecified atom stereocenters. The summed E-state index contributed by atoms with van der Waals surface area (Å²) in [6.07, 6.45) is 0.950. The highest BCUT2D eigenvalue weighted by molar-refractivity contribution is 7.89. The fraction of sp³-hybridized carbons (Fsp3) is 0.294. The Morgan fingerprint density at radius 3 is 1.64 bits per heavy atom. The molecule has 2 aliphatic rings. The molecule has 8 amide bonds. The van der Waals surface area contributed by atoms with E-state index in [1.807, 2.05) is 30.3 Å². The second-order valence-electron chi connectivity index (χ2n) is 12.5. The van der Waals surface area contributed by atoms with Crippen molar-refractivity contribution in [3.05, 3.63) is 72.3 Å². The fourth-order valence-electron chi connectivity index (χ4n) is 5.59. The third-order valence-electron chi connectivity index (χ3n) is 8.75. The van der Waals surface area contributed by atoms with Crippen molar-refractivity contribution in [2.75, 3.05) is 28.2 Å². The summed E-state index contributed by atoms with van der Waals surface area (Å²) in [6.45, 7) is 1.67. The number of likely N-dealkylation sites (N-methyl/N-ethyl adjacent to an activating group) is 4. The van der Waals surface area contributed by atoms with Crippen LogP contribution in [0.15, 0.2) is 97.0 Å². The van der Waals surface area contributed by atoms with Crippen LogP contribution in [0.25, 0.3) is 11.1 Å². The molecule has 2 aliphatic heterocycles. The second-order valence-corrected chi connectivity index (χ2v) is 15.2. The van der Waals surface area contributed by atoms with E-state index < -0.39 is 79.8 Å². The maximum atomic E-state index is 14.1. The number of sulfonamides is 1. The monoisotopic (exact) mass is 793 g/mol. The minimum Gasteiger partial charge on any atom is -0.302 e. The van der Waals surface area contributed by atoms with Gasteiger partial charge in [-0.3, -0.25) is 38.8 Å². The largest absolute Gasteiger partial charge is 0.333 e. The number of rotatable bonds is 12. The van der Waals surface area contributed by atoms with Gasteiger partial charge in [-0.15, -0.1) is 0 Å². The third-order valence-corrected chi connectivity index (χ3v) is 11.1. The van der Waals surface area contributed by atoms with Crippen LogP contribution in [0.2, 0.25) is 0 Å². The van der Waals surface area contributed by atoms with Gasteiger partial charge in [0, 0.05) is 45.4 Å². The molecule has 0 aromatic heterocycles. The van der Waals surface area contributed by atoms with E-state index in [1.165, 1.54) is 52.5 Å². The van der Waals surface area contributed by atoms with Crippen LogP contribution in [0.4, 0.5) is 21.0 Å². The number of azo groups is 2. The Hall–Kier alpha value is -5.90. The lowest BCUT2D eigenvalue weighted by atomic mass is 10.0. The standard InChI is InChI=1S/C34H35N9O10S2/c1-19(11-12-20-9-7-6-8-10-20)39-55(52,53)26-18-22(36-38-28-31(46)42(4)34(49)43(5)32(28)47)14-16-24(26)23-15-13-21(17-25(23)54(50)51)35-37-27-29(44)40(2)33(48)41(3)30(27)45/h6-10,13-19,27-28,39H,11-12H2,1-5H3,(H,50,51). The Morgan fingerprint density at radius 2 is 1.16 bits per heavy atom. The number of imide groups is 4. The molecule has 0 aliphatic carbocycles. The zero-order valence-electron chi connectivity index (χ0n) is 30.0. The third kappa shape index (κ3) is 8.43. The number of hydrogen-bond acceptors (Lipinski definition) is 13. The Balaban J connectivity index is 1.54. The van der Waals surface area contributed by atoms with Crippen molar-refractivity contribution in [1.29, 1.82) is 0 Å². The zero-order valence-corrected chi connectivity index (χ0v) is 31.6. The topological polar surface area (TPSA) is 248 Å². The number of urea groups is 2. The summed E-state index contributed by atoms with van der Waals surface area (Å²) in [5.41, 5.74) is 0.697. The Kier molecular flexibility index (Phi) is 11.9. The number of aryl methyl sites for hydroxylation is 1. The molecule has 0 radical (unpaired) electrons. The molecule has 55 heavy (non-hydrogen) atoms. The van der Waals surface area contributed by atoms with Gasteiger partial charge in [-0.2, -0.15) is 20.5 Å². The SMILES string of the molecule is CC(CCc1ccccc1)NS(=O)(=O)c1cc(N=NC2C(=O)N(C)C(=O)N(C)C2=O)ccc1-c1ccc(N=NC2C(=O)N(C)C(=O)N(C)C2=O)cc1S(=O)O. The minimum atomic E-state index is -4.44. The van der Waals surface area contributed by atoms with E-state index in [2.05, 4.69) is 25.2 Å². The Bertz CT molecular complexity index is 2240. The van der Waals surface area contributed by atoms with Gasteiger partial charge in [0.05, 0.1) is 21.2 Å². The Morgan fingerprint density at radius 1 is 0.709 bits per heavy atom. The van der Waals surface area contributed by atoms with Gasteiger partial charge in [-0.05, 0) is 49.6 Å². The summed E-state index contributed by atoms with van der Waals surface area (Å²) in [5, 5.41) is 15.5. The number of hydrogen-bond donors (Lipinski definition) is 2. The quantitative estimate of drug-likeness (QED) is 0.154. The van der Waals surface area contributed by atoms with E-state index in [0.717, 1.165) is 17.7 Å². The first-order chi connectivity index (χ1) is 25.9. The second kappa shape index (κ2) is 16.2. The van der Waals surface area contributed by atoms with Gasteiger partial charge in [-0.25, -0.2) is 26.9 Å². The molecule has 0 saturated carbocycles. The highest BCUT2D eigenvalue weighted by Gasteiger charge is 2.44. The predicted molar refractivity (Wildman–Crippen MR) is 194 cm³/mol. The van der Waals surface area contributed by atoms with Crippen LogP contribution in [0.5, 0.6) is 0 Å². The maximum Gasteiger partial charge on any atom is 0.333 e. The number of nitrogens with zero attached hydrogens (tertiary/aromatic N) is 8. The van der Waals surface area contributed by atoms with Crippen LogP contribution in [0.3, 0.4) is 0 Å². The van der Waals surface area contributed by atoms with Crippen LogP contribution in [0.1, 0.15) is 18.9 Å². The molecular formula is C34H35N9O10S2. The van der Waals surface area contributed by atoms with Gasteiger partial charge in [0.1, 0.15) is 0 Å². The normalized spacial score (nSPS) is 17.7. The van der Waals surface area contributed by atoms with E-state index >= 15 is 0 Å². The number of benzene rings is 3. The van der Waals surface area contributed by atoms with Gasteiger partial charge < -0.3 is 4.55 Å². The summed E-state index contributed by atoms with van der Waals surface area (Å²) in [4.78, 5) is 76.8. The average Bonchev–Trinajstić information content (AvgIpc) is 3.17. The first-order valence-electron chi connectivity index (χ1n) is 16.4. The lowest BCUT2D eigenvalue weighted by Gasteiger charge is -2.30. The van der Waals surface area contributed by atoms with Gasteiger partial charge in [0.25, 0.3) is 23.6 Å². The summed E-state index contributed by atoms with van der Waals surface area (Å²) in [5.74, 6) is -3.73. The van der Waals surface area contributed by atoms with E-state index in [0.29, 0.717) is 32.4 Å². The molecule has 3 aromatic carbocycles. The molecule has 3 aromatic rings. The van der Waals surface area contributed by atoms with Crippen LogP contribution in [-0.4, -0.2) is 119 Å². The summed E-state index contributed by atoms with van der Waals surface area (Å²) in [6, 6.07) is 11.1. The first-order valence-corrected chi connectivity index (χ1v) is 19.0. The zero-order chi connectivity index (χ0) is 40.4. The molecular weight excluding hydrogens is 759 g/mol. The minimum absolute atomic E-state index is 0.0325. The van der Waals surface area contributed by atoms with Crippen molar-refractivity contribution in [2.45, 2.75) is 47.7 Å². The van der Waals surface area contributed by atoms with Crippen molar-refractivity contribution in [1.82, 2.24) is 24.3 Å². The molecule has 2 fully saturated rings. The van der Waals surface area contributed by atoms with Crippen LogP contribution in [0, 0.1) is 0 Å². The van der Waals surface area contributed by atoms with Gasteiger partial charge in [0.2, 0.25) is 22.1 Å². The molecule has 5 rings (SSSR count). The summed E-state index contributed by atoms with van der Waals surface area (Å²) in [7, 11) is 0.241. The maximum absolute atomic E-state index is 14.1. The van der Waals surface area contributed by atoms with Gasteiger partial charge in [0.15, 0.2) is 11.1 Å². The van der Waals surface area contributed by atoms with Crippen LogP contribution < -0.4 is 4.72 Å². The number of barbiturate groups is 2. The van der Waals surface area contributed by atoms with E-state index in [4.69, 9.17) is 0 Å². The van der Waals surface area contributed by atoms with Crippen LogP contribution >= 0.6 is 0 Å². The van der Waals surface area contributed by atoms with Crippen molar-refractivity contribution in [3.8, 4) is 11.1 Å². The smallest absolute Gasteiger partial charge is 0.302 e. The molecule has 21 heteroatoms. The lowest BCUT2D eigenvalue weighted by molar-refractivity contribution is -0.144. The van der Waals surface area contributed by atoms with E-state index in [1.54, 1.807) is 6.92 Å². The number of nitrogens with one attached hydrogen (secondary N) is 1. The van der Waals surface area contributed by atoms with Gasteiger partial charge >= 0.3 is 12.1 Å². The molecule has 0 spiro atoms. The van der Waals surface area contributed by atoms with E-state index in [-0.39, 0.29) is 27.4 Å². The number of carbonyl (C=O) groups excluding carboxylic acids is 6. The molecule has 288 valence electrons. The lowest BCUT2D eigenvalue weighted by Crippen LogP contribution is -2.58. The Labute approximate surface area is 317 Å². The van der Waals surface area contributed by atoms with Crippen molar-refractivity contribution >= 4 is 68.2 Å². The van der Waals surface area contributed by atoms with Crippen molar-refractivity contribution in [3.63, 3.8) is 0 Å². The highest BCUT2D eigenvalue weighted by Crippen LogP contribution is 2.37. The number of carbonyl (C=O) groups is 6. The molecule has 2 heterocycles. The molecule has 0 bridgehead atoms. The molecule has 2 N–H and O–H groups in total. The fourth-order valence-corrected chi connectivity index (χ4v) is 7.70. The summed E-state index contributed by atoms with van der Waals surface area (Å²) < 4.78 is 53.8. The summed E-state index contributed by atoms with van der Waals surface area (Å²) >= 11 is -2.76. The molecule has 2 saturated heterocycles. The van der Waals surface area contributed by atoms with E-state index in [9.17, 15) is 45.9 Å². The number of amides is 8. The predicted octanol–water partition coefficient (Wildman–Crippen LogP) is 3.24.